The summed E-state index contributed by atoms with van der Waals surface area (Å²) in [7, 11) is 0. The summed E-state index contributed by atoms with van der Waals surface area (Å²) in [5, 5.41) is 2.05. The molecule has 2 aromatic heterocycles. The van der Waals surface area contributed by atoms with Crippen molar-refractivity contribution in [3.8, 4) is 56.4 Å². The van der Waals surface area contributed by atoms with Crippen LogP contribution in [0.5, 0.6) is 0 Å². The van der Waals surface area contributed by atoms with E-state index in [0.29, 0.717) is 17.5 Å². The molecule has 59 heavy (non-hydrogen) atoms. The van der Waals surface area contributed by atoms with E-state index in [2.05, 4.69) is 170 Å². The lowest BCUT2D eigenvalue weighted by Crippen LogP contribution is -2.14. The van der Waals surface area contributed by atoms with E-state index in [-0.39, 0.29) is 5.41 Å². The lowest BCUT2D eigenvalue weighted by Gasteiger charge is -2.26. The molecule has 0 spiro atoms. The number of nitrogens with zero attached hydrogens (tertiary/aromatic N) is 4. The fourth-order valence-electron chi connectivity index (χ4n) is 8.78. The highest BCUT2D eigenvalue weighted by Crippen LogP contribution is 2.49. The summed E-state index contributed by atoms with van der Waals surface area (Å²) in [5.41, 5.74) is 14.8. The predicted octanol–water partition coefficient (Wildman–Crippen LogP) is 14.2. The number of furan rings is 1. The van der Waals surface area contributed by atoms with Crippen molar-refractivity contribution < 1.29 is 4.42 Å². The largest absolute Gasteiger partial charge is 0.456 e. The molecule has 2 heterocycles. The third kappa shape index (κ3) is 5.90. The molecule has 1 aliphatic rings. The fourth-order valence-corrected chi connectivity index (χ4v) is 8.78. The second kappa shape index (κ2) is 13.8. The maximum Gasteiger partial charge on any atom is 0.164 e. The Bertz CT molecular complexity index is 3170. The number of fused-ring (bicyclic) bond motifs is 6. The minimum absolute atomic E-state index is 0.0864. The van der Waals surface area contributed by atoms with Gasteiger partial charge in [-0.2, -0.15) is 0 Å². The minimum Gasteiger partial charge on any atom is -0.456 e. The van der Waals surface area contributed by atoms with Crippen molar-refractivity contribution in [2.75, 3.05) is 4.90 Å². The predicted molar refractivity (Wildman–Crippen MR) is 241 cm³/mol. The van der Waals surface area contributed by atoms with Gasteiger partial charge in [0.05, 0.1) is 11.1 Å². The number of benzene rings is 8. The van der Waals surface area contributed by atoms with Crippen molar-refractivity contribution in [3.63, 3.8) is 0 Å². The molecule has 0 fully saturated rings. The minimum atomic E-state index is -0.0864. The van der Waals surface area contributed by atoms with Crippen LogP contribution in [0, 0.1) is 0 Å². The van der Waals surface area contributed by atoms with Crippen molar-refractivity contribution in [1.82, 2.24) is 15.0 Å². The first-order valence-electron chi connectivity index (χ1n) is 20.0. The summed E-state index contributed by atoms with van der Waals surface area (Å²) >= 11 is 0. The average molecular weight is 759 g/mol. The topological polar surface area (TPSA) is 55.1 Å². The molecule has 0 amide bonds. The molecule has 8 aromatic carbocycles. The third-order valence-electron chi connectivity index (χ3n) is 11.7. The molecule has 0 bridgehead atoms. The Morgan fingerprint density at radius 3 is 1.68 bits per heavy atom. The fraction of sp³-hybridized carbons (Fsp3) is 0.0556. The van der Waals surface area contributed by atoms with Crippen LogP contribution in [0.4, 0.5) is 17.1 Å². The van der Waals surface area contributed by atoms with Gasteiger partial charge in [-0.15, -0.1) is 0 Å². The van der Waals surface area contributed by atoms with Crippen LogP contribution in [0.2, 0.25) is 0 Å². The van der Waals surface area contributed by atoms with Crippen molar-refractivity contribution in [3.05, 3.63) is 205 Å². The first-order chi connectivity index (χ1) is 29.0. The molecule has 5 heteroatoms. The highest BCUT2D eigenvalue weighted by atomic mass is 16.3. The second-order valence-corrected chi connectivity index (χ2v) is 15.7. The van der Waals surface area contributed by atoms with E-state index in [1.165, 1.54) is 33.4 Å². The maximum atomic E-state index is 6.69. The van der Waals surface area contributed by atoms with Crippen molar-refractivity contribution >= 4 is 39.0 Å². The quantitative estimate of drug-likeness (QED) is 0.162. The Kier molecular flexibility index (Phi) is 8.09. The zero-order chi connectivity index (χ0) is 39.5. The molecule has 0 unspecified atom stereocenters. The van der Waals surface area contributed by atoms with E-state index in [1.807, 2.05) is 42.5 Å². The van der Waals surface area contributed by atoms with Gasteiger partial charge in [0.2, 0.25) is 0 Å². The lowest BCUT2D eigenvalue weighted by atomic mass is 9.82. The van der Waals surface area contributed by atoms with Crippen LogP contribution >= 0.6 is 0 Å². The molecular formula is C54H38N4O. The Morgan fingerprint density at radius 2 is 0.949 bits per heavy atom. The van der Waals surface area contributed by atoms with Crippen LogP contribution in [-0.4, -0.2) is 15.0 Å². The van der Waals surface area contributed by atoms with Gasteiger partial charge in [-0.3, -0.25) is 0 Å². The normalized spacial score (nSPS) is 12.7. The van der Waals surface area contributed by atoms with Gasteiger partial charge in [-0.05, 0) is 88.0 Å². The summed E-state index contributed by atoms with van der Waals surface area (Å²) in [6.07, 6.45) is 0. The van der Waals surface area contributed by atoms with E-state index in [0.717, 1.165) is 55.7 Å². The zero-order valence-electron chi connectivity index (χ0n) is 32.7. The molecule has 1 aliphatic carbocycles. The standard InChI is InChI=1S/C54H38N4O/c1-54(2)45-22-13-12-21-42(45)44-33-38(28-32-46(44)54)52-55-51(37-17-8-4-9-18-37)56-53(57-52)39-27-31-43-49(34-39)59-48-24-14-23-47(50(43)48)58(40-19-10-5-11-20-40)41-29-25-36(26-30-41)35-15-6-3-7-16-35/h3-34H,1-2H3. The van der Waals surface area contributed by atoms with Crippen LogP contribution in [0.1, 0.15) is 25.0 Å². The van der Waals surface area contributed by atoms with E-state index in [1.54, 1.807) is 0 Å². The molecule has 0 saturated carbocycles. The molecule has 0 N–H and O–H groups in total. The molecular weight excluding hydrogens is 721 g/mol. The van der Waals surface area contributed by atoms with Crippen LogP contribution in [0.25, 0.3) is 78.4 Å². The highest BCUT2D eigenvalue weighted by Gasteiger charge is 2.35. The van der Waals surface area contributed by atoms with Gasteiger partial charge in [-0.25, -0.2) is 15.0 Å². The van der Waals surface area contributed by atoms with Gasteiger partial charge in [-0.1, -0.05) is 153 Å². The van der Waals surface area contributed by atoms with Crippen LogP contribution in [0.3, 0.4) is 0 Å². The van der Waals surface area contributed by atoms with Gasteiger partial charge < -0.3 is 9.32 Å². The lowest BCUT2D eigenvalue weighted by molar-refractivity contribution is 0.660. The Balaban J connectivity index is 1.04. The van der Waals surface area contributed by atoms with E-state index >= 15 is 0 Å². The zero-order valence-corrected chi connectivity index (χ0v) is 32.7. The first kappa shape index (κ1) is 34.6. The first-order valence-corrected chi connectivity index (χ1v) is 20.0. The number of aromatic nitrogens is 3. The number of rotatable bonds is 7. The van der Waals surface area contributed by atoms with Crippen molar-refractivity contribution in [2.24, 2.45) is 0 Å². The summed E-state index contributed by atoms with van der Waals surface area (Å²) in [5.74, 6) is 1.83. The van der Waals surface area contributed by atoms with Crippen molar-refractivity contribution in [2.45, 2.75) is 19.3 Å². The SMILES string of the molecule is CC1(C)c2ccccc2-c2cc(-c3nc(-c4ccccc4)nc(-c4ccc5c(c4)oc4cccc(N(c6ccccc6)c6ccc(-c7ccccc7)cc6)c45)n3)ccc21. The summed E-state index contributed by atoms with van der Waals surface area (Å²) in [6.45, 7) is 4.59. The van der Waals surface area contributed by atoms with Gasteiger partial charge in [0.25, 0.3) is 0 Å². The van der Waals surface area contributed by atoms with E-state index in [9.17, 15) is 0 Å². The number of para-hydroxylation sites is 1. The maximum absolute atomic E-state index is 6.69. The Hall–Kier alpha value is -7.63. The van der Waals surface area contributed by atoms with Gasteiger partial charge in [0, 0.05) is 38.9 Å². The van der Waals surface area contributed by atoms with Crippen LogP contribution in [0.15, 0.2) is 199 Å². The van der Waals surface area contributed by atoms with Crippen LogP contribution < -0.4 is 4.90 Å². The highest BCUT2D eigenvalue weighted by molar-refractivity contribution is 6.14. The molecule has 0 radical (unpaired) electrons. The Labute approximate surface area is 342 Å². The van der Waals surface area contributed by atoms with Crippen molar-refractivity contribution in [1.29, 1.82) is 0 Å². The summed E-state index contributed by atoms with van der Waals surface area (Å²) < 4.78 is 6.69. The molecule has 280 valence electrons. The van der Waals surface area contributed by atoms with Crippen LogP contribution in [-0.2, 0) is 5.41 Å². The van der Waals surface area contributed by atoms with E-state index < -0.39 is 0 Å². The van der Waals surface area contributed by atoms with Gasteiger partial charge in [0.1, 0.15) is 11.2 Å². The number of anilines is 3. The van der Waals surface area contributed by atoms with Gasteiger partial charge >= 0.3 is 0 Å². The molecule has 0 saturated heterocycles. The number of hydrogen-bond acceptors (Lipinski definition) is 5. The monoisotopic (exact) mass is 758 g/mol. The second-order valence-electron chi connectivity index (χ2n) is 15.7. The summed E-state index contributed by atoms with van der Waals surface area (Å²) in [4.78, 5) is 17.6. The molecule has 5 nitrogen and oxygen atoms in total. The third-order valence-corrected chi connectivity index (χ3v) is 11.7. The van der Waals surface area contributed by atoms with Gasteiger partial charge in [0.15, 0.2) is 17.5 Å². The molecule has 0 aliphatic heterocycles. The Morgan fingerprint density at radius 1 is 0.407 bits per heavy atom. The molecule has 11 rings (SSSR count). The average Bonchev–Trinajstić information content (AvgIpc) is 3.79. The smallest absolute Gasteiger partial charge is 0.164 e. The van der Waals surface area contributed by atoms with E-state index in [4.69, 9.17) is 19.4 Å². The molecule has 10 aromatic rings. The summed E-state index contributed by atoms with van der Waals surface area (Å²) in [6, 6.07) is 67.8. The molecule has 0 atom stereocenters. The number of hydrogen-bond donors (Lipinski definition) is 0.